The van der Waals surface area contributed by atoms with Crippen molar-refractivity contribution in [1.82, 2.24) is 14.5 Å². The van der Waals surface area contributed by atoms with Crippen LogP contribution in [0.15, 0.2) is 29.9 Å². The first-order valence-electron chi connectivity index (χ1n) is 4.87. The zero-order valence-corrected chi connectivity index (χ0v) is 9.53. The fraction of sp³-hybridized carbons (Fsp3) is 0.0909. The minimum atomic E-state index is 0.798. The van der Waals surface area contributed by atoms with Gasteiger partial charge in [0, 0.05) is 13.2 Å². The van der Waals surface area contributed by atoms with Crippen molar-refractivity contribution in [1.29, 1.82) is 0 Å². The smallest absolute Gasteiger partial charge is 0.143 e. The average Bonchev–Trinajstić information content (AvgIpc) is 2.84. The van der Waals surface area contributed by atoms with E-state index in [2.05, 4.69) is 9.97 Å². The van der Waals surface area contributed by atoms with Gasteiger partial charge in [-0.2, -0.15) is 0 Å². The summed E-state index contributed by atoms with van der Waals surface area (Å²) >= 11 is 1.53. The van der Waals surface area contributed by atoms with Crippen LogP contribution in [0.4, 0.5) is 5.00 Å². The van der Waals surface area contributed by atoms with Gasteiger partial charge in [-0.05, 0) is 17.5 Å². The van der Waals surface area contributed by atoms with Crippen LogP contribution in [0.3, 0.4) is 0 Å². The second kappa shape index (κ2) is 3.31. The molecule has 0 amide bonds. The number of hydrogen-bond donors (Lipinski definition) is 1. The third-order valence-corrected chi connectivity index (χ3v) is 3.37. The standard InChI is InChI=1S/C11H10N4S/c1-15-9-6-13-4-2-8(9)14-11(15)7-3-5-16-10(7)12/h2-6H,12H2,1H3. The van der Waals surface area contributed by atoms with Crippen molar-refractivity contribution in [3.8, 4) is 11.4 Å². The highest BCUT2D eigenvalue weighted by Crippen LogP contribution is 2.31. The van der Waals surface area contributed by atoms with E-state index in [0.29, 0.717) is 0 Å². The van der Waals surface area contributed by atoms with Gasteiger partial charge in [-0.25, -0.2) is 4.98 Å². The molecule has 0 radical (unpaired) electrons. The molecule has 4 nitrogen and oxygen atoms in total. The lowest BCUT2D eigenvalue weighted by Gasteiger charge is -2.00. The van der Waals surface area contributed by atoms with Gasteiger partial charge in [0.1, 0.15) is 5.82 Å². The van der Waals surface area contributed by atoms with Crippen molar-refractivity contribution >= 4 is 27.4 Å². The van der Waals surface area contributed by atoms with Crippen molar-refractivity contribution < 1.29 is 0 Å². The van der Waals surface area contributed by atoms with Crippen LogP contribution < -0.4 is 5.73 Å². The van der Waals surface area contributed by atoms with Crippen molar-refractivity contribution in [2.24, 2.45) is 7.05 Å². The van der Waals surface area contributed by atoms with Crippen LogP contribution in [-0.2, 0) is 7.05 Å². The number of nitrogens with two attached hydrogens (primary N) is 1. The first-order valence-corrected chi connectivity index (χ1v) is 5.75. The lowest BCUT2D eigenvalue weighted by Crippen LogP contribution is -1.93. The monoisotopic (exact) mass is 230 g/mol. The van der Waals surface area contributed by atoms with Gasteiger partial charge in [0.25, 0.3) is 0 Å². The van der Waals surface area contributed by atoms with Crippen LogP contribution in [0.2, 0.25) is 0 Å². The second-order valence-corrected chi connectivity index (χ2v) is 4.51. The normalized spacial score (nSPS) is 11.1. The summed E-state index contributed by atoms with van der Waals surface area (Å²) in [5, 5.41) is 2.77. The van der Waals surface area contributed by atoms with Gasteiger partial charge in [-0.3, -0.25) is 4.98 Å². The third-order valence-electron chi connectivity index (χ3n) is 2.62. The molecule has 0 unspecified atom stereocenters. The molecule has 0 saturated carbocycles. The Hall–Kier alpha value is -1.88. The van der Waals surface area contributed by atoms with E-state index in [9.17, 15) is 0 Å². The van der Waals surface area contributed by atoms with Gasteiger partial charge in [0.2, 0.25) is 0 Å². The topological polar surface area (TPSA) is 56.7 Å². The summed E-state index contributed by atoms with van der Waals surface area (Å²) in [6.45, 7) is 0. The molecule has 3 aromatic rings. The highest BCUT2D eigenvalue weighted by atomic mass is 32.1. The summed E-state index contributed by atoms with van der Waals surface area (Å²) in [5.74, 6) is 0.891. The molecule has 0 atom stereocenters. The van der Waals surface area contributed by atoms with E-state index < -0.39 is 0 Å². The molecule has 80 valence electrons. The van der Waals surface area contributed by atoms with E-state index in [-0.39, 0.29) is 0 Å². The van der Waals surface area contributed by atoms with Gasteiger partial charge in [-0.15, -0.1) is 11.3 Å². The van der Waals surface area contributed by atoms with E-state index in [0.717, 1.165) is 27.4 Å². The summed E-state index contributed by atoms with van der Waals surface area (Å²) in [6.07, 6.45) is 3.56. The predicted molar refractivity (Wildman–Crippen MR) is 66.2 cm³/mol. The Labute approximate surface area is 96.4 Å². The maximum Gasteiger partial charge on any atom is 0.143 e. The number of fused-ring (bicyclic) bond motifs is 1. The molecule has 0 bridgehead atoms. The lowest BCUT2D eigenvalue weighted by molar-refractivity contribution is 0.958. The number of nitrogens with zero attached hydrogens (tertiary/aromatic N) is 3. The molecule has 0 saturated heterocycles. The summed E-state index contributed by atoms with van der Waals surface area (Å²) < 4.78 is 2.01. The van der Waals surface area contributed by atoms with Gasteiger partial charge >= 0.3 is 0 Å². The van der Waals surface area contributed by atoms with Gasteiger partial charge in [-0.1, -0.05) is 0 Å². The molecule has 3 aromatic heterocycles. The number of hydrogen-bond acceptors (Lipinski definition) is 4. The lowest BCUT2D eigenvalue weighted by atomic mass is 10.3. The summed E-state index contributed by atoms with van der Waals surface area (Å²) in [4.78, 5) is 8.67. The molecular weight excluding hydrogens is 220 g/mol. The second-order valence-electron chi connectivity index (χ2n) is 3.56. The molecule has 2 N–H and O–H groups in total. The molecule has 3 heterocycles. The first kappa shape index (κ1) is 9.35. The molecule has 0 fully saturated rings. The number of aryl methyl sites for hydroxylation is 1. The Kier molecular flexibility index (Phi) is 1.94. The molecule has 0 aliphatic carbocycles. The van der Waals surface area contributed by atoms with Crippen LogP contribution in [0.5, 0.6) is 0 Å². The molecule has 0 aromatic carbocycles. The van der Waals surface area contributed by atoms with Crippen molar-refractivity contribution in [2.75, 3.05) is 5.73 Å². The third kappa shape index (κ3) is 1.22. The molecule has 0 aliphatic rings. The van der Waals surface area contributed by atoms with E-state index in [4.69, 9.17) is 5.73 Å². The minimum absolute atomic E-state index is 0.798. The summed E-state index contributed by atoms with van der Waals surface area (Å²) in [7, 11) is 1.98. The Morgan fingerprint density at radius 2 is 2.25 bits per heavy atom. The number of rotatable bonds is 1. The number of aromatic nitrogens is 3. The molecule has 5 heteroatoms. The summed E-state index contributed by atoms with van der Waals surface area (Å²) in [5.41, 5.74) is 8.86. The Morgan fingerprint density at radius 1 is 1.38 bits per heavy atom. The van der Waals surface area contributed by atoms with Crippen molar-refractivity contribution in [3.63, 3.8) is 0 Å². The molecule has 3 rings (SSSR count). The Morgan fingerprint density at radius 3 is 2.94 bits per heavy atom. The van der Waals surface area contributed by atoms with Crippen LogP contribution in [0.1, 0.15) is 0 Å². The quantitative estimate of drug-likeness (QED) is 0.697. The molecule has 16 heavy (non-hydrogen) atoms. The maximum absolute atomic E-state index is 5.91. The van der Waals surface area contributed by atoms with Crippen LogP contribution in [0, 0.1) is 0 Å². The average molecular weight is 230 g/mol. The van der Waals surface area contributed by atoms with Gasteiger partial charge in [0.15, 0.2) is 0 Å². The fourth-order valence-electron chi connectivity index (χ4n) is 1.78. The molecule has 0 aliphatic heterocycles. The molecule has 0 spiro atoms. The van der Waals surface area contributed by atoms with E-state index in [1.165, 1.54) is 11.3 Å². The van der Waals surface area contributed by atoms with E-state index in [1.54, 1.807) is 6.20 Å². The van der Waals surface area contributed by atoms with Gasteiger partial charge < -0.3 is 10.3 Å². The highest BCUT2D eigenvalue weighted by Gasteiger charge is 2.12. The number of thiophene rings is 1. The largest absolute Gasteiger partial charge is 0.390 e. The van der Waals surface area contributed by atoms with Crippen LogP contribution in [0.25, 0.3) is 22.4 Å². The van der Waals surface area contributed by atoms with Crippen molar-refractivity contribution in [2.45, 2.75) is 0 Å². The van der Waals surface area contributed by atoms with E-state index in [1.807, 2.05) is 35.3 Å². The SMILES string of the molecule is Cn1c(-c2ccsc2N)nc2ccncc21. The zero-order chi connectivity index (χ0) is 11.1. The number of pyridine rings is 1. The Balaban J connectivity index is 2.33. The fourth-order valence-corrected chi connectivity index (χ4v) is 2.42. The van der Waals surface area contributed by atoms with Gasteiger partial charge in [0.05, 0.1) is 27.8 Å². The first-order chi connectivity index (χ1) is 7.77. The Bertz CT molecular complexity index is 653. The van der Waals surface area contributed by atoms with Crippen molar-refractivity contribution in [3.05, 3.63) is 29.9 Å². The summed E-state index contributed by atoms with van der Waals surface area (Å²) in [6, 6.07) is 3.90. The highest BCUT2D eigenvalue weighted by molar-refractivity contribution is 7.14. The predicted octanol–water partition coefficient (Wildman–Crippen LogP) is 2.28. The van der Waals surface area contributed by atoms with Crippen LogP contribution >= 0.6 is 11.3 Å². The molecular formula is C11H10N4S. The van der Waals surface area contributed by atoms with E-state index >= 15 is 0 Å². The number of nitrogen functional groups attached to an aromatic ring is 1. The zero-order valence-electron chi connectivity index (χ0n) is 8.71. The number of anilines is 1. The minimum Gasteiger partial charge on any atom is -0.390 e. The maximum atomic E-state index is 5.91. The number of imidazole rings is 1. The van der Waals surface area contributed by atoms with Crippen LogP contribution in [-0.4, -0.2) is 14.5 Å².